The molecular formula is C34H66AlBN6O11. The van der Waals surface area contributed by atoms with Crippen LogP contribution in [-0.4, -0.2) is 134 Å². The minimum atomic E-state index is -1.27. The van der Waals surface area contributed by atoms with Gasteiger partial charge in [-0.05, 0) is 47.5 Å². The van der Waals surface area contributed by atoms with E-state index in [1.807, 2.05) is 6.92 Å². The van der Waals surface area contributed by atoms with E-state index in [1.165, 1.54) is 0 Å². The Labute approximate surface area is 326 Å². The average molecular weight is 773 g/mol. The van der Waals surface area contributed by atoms with Crippen LogP contribution in [0.1, 0.15) is 96.4 Å². The second-order valence-electron chi connectivity index (χ2n) is 12.2. The zero-order valence-electron chi connectivity index (χ0n) is 31.5. The van der Waals surface area contributed by atoms with Crippen LogP contribution in [0.2, 0.25) is 0 Å². The average Bonchev–Trinajstić information content (AvgIpc) is 3.04. The summed E-state index contributed by atoms with van der Waals surface area (Å²) < 4.78 is 15.3. The molecule has 4 radical (unpaired) electrons. The molecule has 5 amide bonds. The Morgan fingerprint density at radius 1 is 0.774 bits per heavy atom. The first-order chi connectivity index (χ1) is 23.1. The van der Waals surface area contributed by atoms with Gasteiger partial charge in [0.1, 0.15) is 6.04 Å². The van der Waals surface area contributed by atoms with Crippen molar-refractivity contribution in [2.75, 3.05) is 39.4 Å². The molecule has 304 valence electrons. The molecule has 4 unspecified atom stereocenters. The Morgan fingerprint density at radius 2 is 1.25 bits per heavy atom. The second kappa shape index (κ2) is 33.0. The standard InChI is InChI=1S/C25H44N4O9.C7H13NO2.2CH4.Al.B.HN/c1-8-25(7,23(36)27-12-16(4)30)15-24(5,6)22(35)28-13-18(31)26-14-19(32)29-17(21(34)38-10-3)11-20(33)37-9-2;1-5(2)7(10)8-4-6(3)9;;;;;/h16-17,30H,8-15H2,1-7H3,(H,26,31)(H,27,36)(H,28,35)(H,29,32);6,9H,1,4H2,2-3H3,(H,8,10);2*1H4;;;1H. The van der Waals surface area contributed by atoms with Crippen molar-refractivity contribution in [2.45, 2.75) is 115 Å². The molecule has 53 heavy (non-hydrogen) atoms. The van der Waals surface area contributed by atoms with Gasteiger partial charge in [-0.15, -0.1) is 0 Å². The molecular weight excluding hydrogens is 706 g/mol. The van der Waals surface area contributed by atoms with Gasteiger partial charge < -0.3 is 46.3 Å². The van der Waals surface area contributed by atoms with E-state index in [2.05, 4.69) is 33.2 Å². The molecule has 0 saturated carbocycles. The van der Waals surface area contributed by atoms with E-state index >= 15 is 0 Å². The summed E-state index contributed by atoms with van der Waals surface area (Å²) in [6, 6.07) is -1.27. The summed E-state index contributed by atoms with van der Waals surface area (Å²) in [6.45, 7) is 17.9. The van der Waals surface area contributed by atoms with Crippen molar-refractivity contribution in [3.8, 4) is 0 Å². The van der Waals surface area contributed by atoms with Crippen molar-refractivity contribution in [1.82, 2.24) is 26.6 Å². The van der Waals surface area contributed by atoms with E-state index in [4.69, 9.17) is 18.9 Å². The van der Waals surface area contributed by atoms with Crippen LogP contribution in [0.4, 0.5) is 0 Å². The zero-order valence-corrected chi connectivity index (χ0v) is 32.7. The molecule has 0 bridgehead atoms. The first-order valence-electron chi connectivity index (χ1n) is 16.2. The fourth-order valence-electron chi connectivity index (χ4n) is 3.98. The van der Waals surface area contributed by atoms with Crippen LogP contribution in [0, 0.1) is 15.2 Å². The number of carbonyl (C=O) groups is 7. The van der Waals surface area contributed by atoms with E-state index in [1.54, 1.807) is 71.5 Å². The number of rotatable bonds is 20. The molecule has 0 heterocycles. The van der Waals surface area contributed by atoms with Gasteiger partial charge in [0.2, 0.25) is 29.5 Å². The Morgan fingerprint density at radius 3 is 1.68 bits per heavy atom. The molecule has 0 aliphatic rings. The van der Waals surface area contributed by atoms with Gasteiger partial charge in [-0.1, -0.05) is 49.1 Å². The van der Waals surface area contributed by atoms with Crippen molar-refractivity contribution in [2.24, 2.45) is 10.8 Å². The number of aliphatic hydroxyl groups is 2. The summed E-state index contributed by atoms with van der Waals surface area (Å²) >= 11 is 1.67. The van der Waals surface area contributed by atoms with E-state index in [-0.39, 0.29) is 67.8 Å². The van der Waals surface area contributed by atoms with E-state index < -0.39 is 78.3 Å². The predicted octanol–water partition coefficient (Wildman–Crippen LogP) is 0.418. The minimum absolute atomic E-state index is 0. The fourth-order valence-corrected chi connectivity index (χ4v) is 3.98. The number of esters is 2. The quantitative estimate of drug-likeness (QED) is 0.0478. The molecule has 4 atom stereocenters. The number of amides is 5. The van der Waals surface area contributed by atoms with Crippen LogP contribution < -0.4 is 26.6 Å². The summed E-state index contributed by atoms with van der Waals surface area (Å²) in [5.41, 5.74) is -1.43. The van der Waals surface area contributed by atoms with Gasteiger partial charge in [0.05, 0.1) is 44.9 Å². The first-order valence-corrected chi connectivity index (χ1v) is 16.8. The van der Waals surface area contributed by atoms with Crippen LogP contribution in [-0.2, 0) is 43.0 Å². The second-order valence-corrected chi connectivity index (χ2v) is 12.2. The summed E-state index contributed by atoms with van der Waals surface area (Å²) in [5, 5.41) is 30.5. The normalized spacial score (nSPS) is 12.6. The Balaban J connectivity index is -0.000000317. The fraction of sp³-hybridized carbons (Fsp3) is 0.735. The van der Waals surface area contributed by atoms with Crippen LogP contribution in [0.25, 0.3) is 0 Å². The number of aliphatic hydroxyl groups excluding tert-OH is 2. The van der Waals surface area contributed by atoms with Gasteiger partial charge in [0.15, 0.2) is 0 Å². The van der Waals surface area contributed by atoms with Gasteiger partial charge in [0.25, 0.3) is 0 Å². The van der Waals surface area contributed by atoms with E-state index in [0.717, 1.165) is 0 Å². The number of hydrogen-bond acceptors (Lipinski definition) is 12. The van der Waals surface area contributed by atoms with Crippen molar-refractivity contribution >= 4 is 66.0 Å². The van der Waals surface area contributed by atoms with E-state index in [0.29, 0.717) is 12.0 Å². The third-order valence-electron chi connectivity index (χ3n) is 6.72. The summed E-state index contributed by atoms with van der Waals surface area (Å²) in [6.07, 6.45) is -0.985. The van der Waals surface area contributed by atoms with Gasteiger partial charge in [-0.3, -0.25) is 28.8 Å². The third kappa shape index (κ3) is 29.5. The third-order valence-corrected chi connectivity index (χ3v) is 6.72. The summed E-state index contributed by atoms with van der Waals surface area (Å²) in [5.74, 6) is -3.86. The first kappa shape index (κ1) is 61.4. The molecule has 8 N–H and O–H groups in total. The van der Waals surface area contributed by atoms with Gasteiger partial charge in [-0.25, -0.2) is 4.79 Å². The van der Waals surface area contributed by atoms with Crippen molar-refractivity contribution in [3.63, 3.8) is 0 Å². The molecule has 0 rings (SSSR count). The summed E-state index contributed by atoms with van der Waals surface area (Å²) in [7, 11) is 0. The molecule has 0 aromatic carbocycles. The molecule has 0 aliphatic heterocycles. The maximum atomic E-state index is 12.8. The molecule has 0 aromatic rings. The molecule has 0 saturated heterocycles. The Hall–Kier alpha value is -3.65. The Bertz CT molecular complexity index is 1140. The van der Waals surface area contributed by atoms with Gasteiger partial charge in [-0.2, -0.15) is 0 Å². The summed E-state index contributed by atoms with van der Waals surface area (Å²) in [4.78, 5) is 84.4. The molecule has 0 aromatic heterocycles. The van der Waals surface area contributed by atoms with Crippen molar-refractivity contribution in [1.29, 1.82) is 4.35 Å². The van der Waals surface area contributed by atoms with Gasteiger partial charge >= 0.3 is 32.4 Å². The number of carbonyl (C=O) groups excluding carboxylic acids is 7. The SMILES string of the molecule is C.C.C=C(C)C(=O)NCC(C)O.CCOC(=O)CC(NC(=O)CNC(=O)CNC(=O)C(C)(C)CC(C)(CC)C(=O)NCC(C)O)C(=O)OCC.[B].[NH]=[Al]. The molecule has 0 fully saturated rings. The van der Waals surface area contributed by atoms with Crippen molar-refractivity contribution in [3.05, 3.63) is 12.2 Å². The zero-order chi connectivity index (χ0) is 39.7. The van der Waals surface area contributed by atoms with Crippen LogP contribution in [0.3, 0.4) is 0 Å². The van der Waals surface area contributed by atoms with Crippen molar-refractivity contribution < 1.29 is 53.2 Å². The maximum absolute atomic E-state index is 12.8. The number of ether oxygens (including phenoxy) is 2. The van der Waals surface area contributed by atoms with Crippen LogP contribution in [0.5, 0.6) is 0 Å². The molecule has 0 aliphatic carbocycles. The van der Waals surface area contributed by atoms with Crippen LogP contribution >= 0.6 is 0 Å². The van der Waals surface area contributed by atoms with Crippen LogP contribution in [0.15, 0.2) is 12.2 Å². The monoisotopic (exact) mass is 772 g/mol. The molecule has 0 spiro atoms. The molecule has 17 nitrogen and oxygen atoms in total. The topological polar surface area (TPSA) is 262 Å². The molecule has 19 heteroatoms. The Kier molecular flexibility index (Phi) is 38.2. The van der Waals surface area contributed by atoms with E-state index in [9.17, 15) is 38.7 Å². The number of hydrogen-bond donors (Lipinski definition) is 8. The number of nitrogens with one attached hydrogen (secondary N) is 6. The predicted molar refractivity (Wildman–Crippen MR) is 205 cm³/mol. The van der Waals surface area contributed by atoms with Gasteiger partial charge in [0, 0.05) is 37.9 Å².